The third-order valence-electron chi connectivity index (χ3n) is 7.63. The number of carbonyl (C=O) groups excluding carboxylic acids is 2. The van der Waals surface area contributed by atoms with Gasteiger partial charge in [-0.05, 0) is 42.3 Å². The number of hydrogen-bond acceptors (Lipinski definition) is 6. The molecule has 1 aliphatic heterocycles. The van der Waals surface area contributed by atoms with E-state index in [1.54, 1.807) is 23.1 Å². The summed E-state index contributed by atoms with van der Waals surface area (Å²) in [6.45, 7) is 1.94. The van der Waals surface area contributed by atoms with E-state index < -0.39 is 0 Å². The van der Waals surface area contributed by atoms with E-state index in [4.69, 9.17) is 4.98 Å². The number of nitrogens with zero attached hydrogens (tertiary/aromatic N) is 7. The average molecular weight is 569 g/mol. The van der Waals surface area contributed by atoms with E-state index in [9.17, 15) is 9.59 Å². The minimum Gasteiger partial charge on any atom is -0.347 e. The lowest BCUT2D eigenvalue weighted by Crippen LogP contribution is -2.31. The molecule has 3 aromatic heterocycles. The summed E-state index contributed by atoms with van der Waals surface area (Å²) in [7, 11) is 0. The molecule has 10 nitrogen and oxygen atoms in total. The van der Waals surface area contributed by atoms with Gasteiger partial charge in [0.15, 0.2) is 5.69 Å². The number of benzene rings is 3. The molecule has 0 saturated heterocycles. The topological polar surface area (TPSA) is 111 Å². The second-order valence-corrected chi connectivity index (χ2v) is 10.5. The van der Waals surface area contributed by atoms with Gasteiger partial charge in [-0.25, -0.2) is 9.67 Å². The Labute approximate surface area is 247 Å². The number of aryl methyl sites for hydroxylation is 1. The van der Waals surface area contributed by atoms with Crippen LogP contribution in [0.1, 0.15) is 38.5 Å². The van der Waals surface area contributed by atoms with Gasteiger partial charge in [0.25, 0.3) is 11.8 Å². The Morgan fingerprint density at radius 1 is 0.884 bits per heavy atom. The van der Waals surface area contributed by atoms with Crippen molar-refractivity contribution in [2.24, 2.45) is 0 Å². The minimum atomic E-state index is -0.258. The molecule has 2 amide bonds. The first-order valence-corrected chi connectivity index (χ1v) is 14.2. The fourth-order valence-electron chi connectivity index (χ4n) is 5.41. The van der Waals surface area contributed by atoms with Crippen molar-refractivity contribution >= 4 is 22.7 Å². The summed E-state index contributed by atoms with van der Waals surface area (Å²) >= 11 is 0. The van der Waals surface area contributed by atoms with Crippen molar-refractivity contribution in [1.82, 2.24) is 40.0 Å². The molecule has 0 unspecified atom stereocenters. The van der Waals surface area contributed by atoms with E-state index >= 15 is 0 Å². The van der Waals surface area contributed by atoms with Gasteiger partial charge >= 0.3 is 0 Å². The number of aromatic nitrogens is 6. The van der Waals surface area contributed by atoms with Crippen LogP contribution >= 0.6 is 0 Å². The third-order valence-corrected chi connectivity index (χ3v) is 7.63. The van der Waals surface area contributed by atoms with E-state index in [0.29, 0.717) is 37.4 Å². The molecule has 0 saturated carbocycles. The van der Waals surface area contributed by atoms with Crippen LogP contribution in [0.5, 0.6) is 0 Å². The van der Waals surface area contributed by atoms with Gasteiger partial charge in [-0.1, -0.05) is 65.9 Å². The van der Waals surface area contributed by atoms with Crippen LogP contribution in [0.2, 0.25) is 0 Å². The quantitative estimate of drug-likeness (QED) is 0.313. The predicted molar refractivity (Wildman–Crippen MR) is 161 cm³/mol. The van der Waals surface area contributed by atoms with Crippen molar-refractivity contribution in [3.63, 3.8) is 0 Å². The van der Waals surface area contributed by atoms with Crippen LogP contribution in [-0.2, 0) is 19.6 Å². The molecule has 4 heterocycles. The summed E-state index contributed by atoms with van der Waals surface area (Å²) in [6, 6.07) is 29.0. The molecule has 1 N–H and O–H groups in total. The number of carbonyl (C=O) groups is 2. The molecule has 0 atom stereocenters. The number of pyridine rings is 1. The SMILES string of the molecule is O=C(NCc1ccc(-n2ccnn2)cc1)c1cc2n(n1)CCCN(C(=O)c1cc(-c3ccccc3)nc3ccccc13)C2. The zero-order chi connectivity index (χ0) is 29.2. The smallest absolute Gasteiger partial charge is 0.272 e. The molecular formula is C33H28N8O2. The number of fused-ring (bicyclic) bond motifs is 2. The van der Waals surface area contributed by atoms with Crippen molar-refractivity contribution in [3.05, 3.63) is 126 Å². The molecule has 1 aliphatic rings. The Hall–Kier alpha value is -5.64. The number of hydrogen-bond donors (Lipinski definition) is 1. The minimum absolute atomic E-state index is 0.0641. The lowest BCUT2D eigenvalue weighted by molar-refractivity contribution is 0.0747. The van der Waals surface area contributed by atoms with Gasteiger partial charge in [0.05, 0.1) is 47.1 Å². The van der Waals surface area contributed by atoms with Gasteiger partial charge in [0, 0.05) is 30.6 Å². The second-order valence-electron chi connectivity index (χ2n) is 10.5. The van der Waals surface area contributed by atoms with Gasteiger partial charge in [-0.3, -0.25) is 14.3 Å². The van der Waals surface area contributed by atoms with Gasteiger partial charge in [0.1, 0.15) is 0 Å². The number of amides is 2. The molecule has 3 aromatic carbocycles. The molecule has 0 spiro atoms. The highest BCUT2D eigenvalue weighted by atomic mass is 16.2. The molecule has 0 aliphatic carbocycles. The molecule has 6 aromatic rings. The Kier molecular flexibility index (Phi) is 6.92. The molecule has 7 rings (SSSR count). The summed E-state index contributed by atoms with van der Waals surface area (Å²) in [6.07, 6.45) is 4.13. The van der Waals surface area contributed by atoms with Gasteiger partial charge < -0.3 is 10.2 Å². The third kappa shape index (κ3) is 5.38. The molecule has 212 valence electrons. The maximum Gasteiger partial charge on any atom is 0.272 e. The lowest BCUT2D eigenvalue weighted by atomic mass is 10.0. The van der Waals surface area contributed by atoms with Crippen LogP contribution in [0.4, 0.5) is 0 Å². The summed E-state index contributed by atoms with van der Waals surface area (Å²) in [5.74, 6) is -0.322. The standard InChI is InChI=1S/C33H28N8O2/c42-32(34-21-23-11-13-25(14-12-23)41-18-15-35-38-41)31-19-26-22-39(16-6-17-40(26)37-31)33(43)28-20-30(24-7-2-1-3-8-24)36-29-10-5-4-9-27(28)29/h1-5,7-15,18-20H,6,16-17,21-22H2,(H,34,42). The molecule has 0 bridgehead atoms. The van der Waals surface area contributed by atoms with Crippen LogP contribution in [-0.4, -0.2) is 53.0 Å². The van der Waals surface area contributed by atoms with Gasteiger partial charge in [0.2, 0.25) is 0 Å². The lowest BCUT2D eigenvalue weighted by Gasteiger charge is -2.21. The summed E-state index contributed by atoms with van der Waals surface area (Å²) < 4.78 is 3.52. The fourth-order valence-corrected chi connectivity index (χ4v) is 5.41. The average Bonchev–Trinajstić information content (AvgIpc) is 3.70. The monoisotopic (exact) mass is 568 g/mol. The Morgan fingerprint density at radius 3 is 2.51 bits per heavy atom. The highest BCUT2D eigenvalue weighted by molar-refractivity contribution is 6.07. The Balaban J connectivity index is 1.08. The second kappa shape index (κ2) is 11.3. The van der Waals surface area contributed by atoms with Crippen LogP contribution in [0.15, 0.2) is 103 Å². The van der Waals surface area contributed by atoms with Crippen molar-refractivity contribution in [3.8, 4) is 16.9 Å². The normalized spacial score (nSPS) is 13.0. The number of para-hydroxylation sites is 1. The van der Waals surface area contributed by atoms with E-state index in [-0.39, 0.29) is 11.8 Å². The zero-order valence-corrected chi connectivity index (χ0v) is 23.3. The first kappa shape index (κ1) is 26.3. The van der Waals surface area contributed by atoms with E-state index in [0.717, 1.165) is 45.5 Å². The number of rotatable bonds is 6. The van der Waals surface area contributed by atoms with Crippen molar-refractivity contribution < 1.29 is 9.59 Å². The van der Waals surface area contributed by atoms with Gasteiger partial charge in [-0.2, -0.15) is 5.10 Å². The molecular weight excluding hydrogens is 540 g/mol. The highest BCUT2D eigenvalue weighted by Gasteiger charge is 2.25. The van der Waals surface area contributed by atoms with Crippen LogP contribution in [0.3, 0.4) is 0 Å². The maximum atomic E-state index is 14.0. The first-order chi connectivity index (χ1) is 21.1. The first-order valence-electron chi connectivity index (χ1n) is 14.2. The van der Waals surface area contributed by atoms with E-state index in [2.05, 4.69) is 20.7 Å². The van der Waals surface area contributed by atoms with Crippen molar-refractivity contribution in [2.75, 3.05) is 6.54 Å². The summed E-state index contributed by atoms with van der Waals surface area (Å²) in [5, 5.41) is 16.2. The van der Waals surface area contributed by atoms with E-state index in [1.165, 1.54) is 0 Å². The van der Waals surface area contributed by atoms with Crippen LogP contribution < -0.4 is 5.32 Å². The van der Waals surface area contributed by atoms with Gasteiger partial charge in [-0.15, -0.1) is 5.10 Å². The molecule has 10 heteroatoms. The highest BCUT2D eigenvalue weighted by Crippen LogP contribution is 2.27. The predicted octanol–water partition coefficient (Wildman–Crippen LogP) is 4.66. The fraction of sp³-hybridized carbons (Fsp3) is 0.152. The van der Waals surface area contributed by atoms with Crippen LogP contribution in [0.25, 0.3) is 27.8 Å². The zero-order valence-electron chi connectivity index (χ0n) is 23.3. The summed E-state index contributed by atoms with van der Waals surface area (Å²) in [4.78, 5) is 33.7. The van der Waals surface area contributed by atoms with Crippen molar-refractivity contribution in [2.45, 2.75) is 26.1 Å². The molecule has 43 heavy (non-hydrogen) atoms. The van der Waals surface area contributed by atoms with E-state index in [1.807, 2.05) is 94.5 Å². The molecule has 0 radical (unpaired) electrons. The van der Waals surface area contributed by atoms with Crippen LogP contribution in [0, 0.1) is 0 Å². The van der Waals surface area contributed by atoms with Crippen molar-refractivity contribution in [1.29, 1.82) is 0 Å². The summed E-state index contributed by atoms with van der Waals surface area (Å²) in [5.41, 5.74) is 6.12. The number of nitrogens with one attached hydrogen (secondary N) is 1. The maximum absolute atomic E-state index is 14.0. The molecule has 0 fully saturated rings. The Morgan fingerprint density at radius 2 is 1.70 bits per heavy atom. The Bertz CT molecular complexity index is 1910. The largest absolute Gasteiger partial charge is 0.347 e.